The fourth-order valence-corrected chi connectivity index (χ4v) is 3.69. The number of hydrogen-bond acceptors (Lipinski definition) is 3. The molecule has 2 fully saturated rings. The molecule has 3 unspecified atom stereocenters. The van der Waals surface area contributed by atoms with Crippen LogP contribution < -0.4 is 11.1 Å². The van der Waals surface area contributed by atoms with E-state index in [2.05, 4.69) is 5.32 Å². The number of nitrogen functional groups attached to an aromatic ring is 1. The fourth-order valence-electron chi connectivity index (χ4n) is 3.69. The van der Waals surface area contributed by atoms with Crippen LogP contribution in [0.15, 0.2) is 12.1 Å². The van der Waals surface area contributed by atoms with Crippen molar-refractivity contribution in [2.75, 3.05) is 11.1 Å². The van der Waals surface area contributed by atoms with Crippen LogP contribution in [0, 0.1) is 18.8 Å². The molecule has 1 aromatic rings. The van der Waals surface area contributed by atoms with E-state index in [-0.39, 0.29) is 5.56 Å². The maximum absolute atomic E-state index is 11.2. The Hall–Kier alpha value is -1.71. The minimum absolute atomic E-state index is 0.200. The fraction of sp³-hybridized carbons (Fsp3) is 0.533. The van der Waals surface area contributed by atoms with Crippen molar-refractivity contribution in [3.63, 3.8) is 0 Å². The zero-order chi connectivity index (χ0) is 13.6. The van der Waals surface area contributed by atoms with E-state index in [1.165, 1.54) is 25.7 Å². The van der Waals surface area contributed by atoms with E-state index < -0.39 is 5.97 Å². The number of carbonyl (C=O) groups is 1. The van der Waals surface area contributed by atoms with Gasteiger partial charge in [0, 0.05) is 17.4 Å². The number of aromatic carboxylic acids is 1. The van der Waals surface area contributed by atoms with Crippen LogP contribution in [0.2, 0.25) is 0 Å². The van der Waals surface area contributed by atoms with Crippen LogP contribution >= 0.6 is 0 Å². The van der Waals surface area contributed by atoms with Crippen molar-refractivity contribution >= 4 is 17.3 Å². The molecule has 102 valence electrons. The first-order chi connectivity index (χ1) is 9.04. The van der Waals surface area contributed by atoms with Crippen LogP contribution in [0.25, 0.3) is 0 Å². The largest absolute Gasteiger partial charge is 0.478 e. The number of rotatable bonds is 3. The summed E-state index contributed by atoms with van der Waals surface area (Å²) in [5, 5.41) is 12.7. The van der Waals surface area contributed by atoms with Gasteiger partial charge >= 0.3 is 5.97 Å². The zero-order valence-electron chi connectivity index (χ0n) is 11.1. The van der Waals surface area contributed by atoms with E-state index in [4.69, 9.17) is 5.73 Å². The molecule has 0 aromatic heterocycles. The molecular weight excluding hydrogens is 240 g/mol. The number of hydrogen-bond donors (Lipinski definition) is 3. The first-order valence-corrected chi connectivity index (χ1v) is 6.94. The molecule has 3 atom stereocenters. The number of nitrogens with two attached hydrogens (primary N) is 1. The Morgan fingerprint density at radius 3 is 2.74 bits per heavy atom. The molecule has 0 radical (unpaired) electrons. The highest BCUT2D eigenvalue weighted by Crippen LogP contribution is 2.45. The third kappa shape index (κ3) is 2.15. The normalized spacial score (nSPS) is 28.6. The number of anilines is 2. The van der Waals surface area contributed by atoms with Gasteiger partial charge in [-0.2, -0.15) is 0 Å². The first kappa shape index (κ1) is 12.3. The van der Waals surface area contributed by atoms with Gasteiger partial charge in [-0.3, -0.25) is 0 Å². The lowest BCUT2D eigenvalue weighted by Gasteiger charge is -2.24. The number of benzene rings is 1. The number of carboxylic acid groups (broad SMARTS) is 1. The van der Waals surface area contributed by atoms with E-state index >= 15 is 0 Å². The second-order valence-corrected chi connectivity index (χ2v) is 5.99. The van der Waals surface area contributed by atoms with Crippen molar-refractivity contribution in [2.45, 2.75) is 38.6 Å². The molecule has 4 N–H and O–H groups in total. The average Bonchev–Trinajstić information content (AvgIpc) is 2.95. The lowest BCUT2D eigenvalue weighted by atomic mass is 9.95. The number of carboxylic acids is 1. The van der Waals surface area contributed by atoms with Crippen LogP contribution in [0.1, 0.15) is 41.6 Å². The third-order valence-electron chi connectivity index (χ3n) is 4.71. The summed E-state index contributed by atoms with van der Waals surface area (Å²) in [5.41, 5.74) is 8.09. The molecule has 4 nitrogen and oxygen atoms in total. The highest BCUT2D eigenvalue weighted by molar-refractivity contribution is 5.95. The van der Waals surface area contributed by atoms with E-state index in [1.54, 1.807) is 6.07 Å². The van der Waals surface area contributed by atoms with Crippen molar-refractivity contribution in [1.29, 1.82) is 0 Å². The number of fused-ring (bicyclic) bond motifs is 2. The predicted molar refractivity (Wildman–Crippen MR) is 75.4 cm³/mol. The summed E-state index contributed by atoms with van der Waals surface area (Å²) in [6, 6.07) is 4.12. The molecule has 2 aliphatic carbocycles. The van der Waals surface area contributed by atoms with Gasteiger partial charge in [-0.05, 0) is 55.7 Å². The van der Waals surface area contributed by atoms with Gasteiger partial charge in [-0.25, -0.2) is 4.79 Å². The lowest BCUT2D eigenvalue weighted by molar-refractivity contribution is 0.0698. The molecule has 2 aliphatic rings. The quantitative estimate of drug-likeness (QED) is 0.730. The van der Waals surface area contributed by atoms with Crippen LogP contribution in [0.3, 0.4) is 0 Å². The number of aryl methyl sites for hydroxylation is 1. The van der Waals surface area contributed by atoms with Crippen molar-refractivity contribution in [2.24, 2.45) is 11.8 Å². The molecule has 4 heteroatoms. The maximum Gasteiger partial charge on any atom is 0.337 e. The molecule has 0 amide bonds. The van der Waals surface area contributed by atoms with Gasteiger partial charge < -0.3 is 16.2 Å². The number of nitrogens with one attached hydrogen (secondary N) is 1. The summed E-state index contributed by atoms with van der Waals surface area (Å²) in [5.74, 6) is 0.671. The standard InChI is InChI=1S/C15H20N2O2/c1-8-4-11(7-12(14(8)16)15(18)19)17-13-6-9-2-3-10(13)5-9/h4,7,9-10,13,17H,2-3,5-6,16H2,1H3,(H,18,19). The summed E-state index contributed by atoms with van der Waals surface area (Å²) in [7, 11) is 0. The van der Waals surface area contributed by atoms with Gasteiger partial charge in [0.2, 0.25) is 0 Å². The van der Waals surface area contributed by atoms with Gasteiger partial charge in [-0.1, -0.05) is 6.42 Å². The second-order valence-electron chi connectivity index (χ2n) is 5.99. The minimum atomic E-state index is -0.961. The summed E-state index contributed by atoms with van der Waals surface area (Å²) >= 11 is 0. The smallest absolute Gasteiger partial charge is 0.337 e. The molecule has 2 saturated carbocycles. The van der Waals surface area contributed by atoms with Gasteiger partial charge in [-0.15, -0.1) is 0 Å². The van der Waals surface area contributed by atoms with Crippen molar-refractivity contribution in [1.82, 2.24) is 0 Å². The monoisotopic (exact) mass is 260 g/mol. The SMILES string of the molecule is Cc1cc(NC2CC3CCC2C3)cc(C(=O)O)c1N. The van der Waals surface area contributed by atoms with Crippen LogP contribution in [-0.4, -0.2) is 17.1 Å². The Kier molecular flexibility index (Phi) is 2.88. The van der Waals surface area contributed by atoms with Crippen molar-refractivity contribution in [3.05, 3.63) is 23.3 Å². The predicted octanol–water partition coefficient (Wildman–Crippen LogP) is 2.88. The Labute approximate surface area is 113 Å². The molecule has 2 bridgehead atoms. The molecule has 0 saturated heterocycles. The second kappa shape index (κ2) is 4.44. The molecular formula is C15H20N2O2. The van der Waals surface area contributed by atoms with Crippen LogP contribution in [0.5, 0.6) is 0 Å². The lowest BCUT2D eigenvalue weighted by Crippen LogP contribution is -2.26. The summed E-state index contributed by atoms with van der Waals surface area (Å²) < 4.78 is 0. The molecule has 3 rings (SSSR count). The molecule has 1 aromatic carbocycles. The third-order valence-corrected chi connectivity index (χ3v) is 4.71. The maximum atomic E-state index is 11.2. The Morgan fingerprint density at radius 1 is 1.37 bits per heavy atom. The van der Waals surface area contributed by atoms with E-state index in [0.717, 1.165) is 23.1 Å². The first-order valence-electron chi connectivity index (χ1n) is 6.94. The van der Waals surface area contributed by atoms with Gasteiger partial charge in [0.05, 0.1) is 5.56 Å². The topological polar surface area (TPSA) is 75.3 Å². The molecule has 0 heterocycles. The Balaban J connectivity index is 1.83. The van der Waals surface area contributed by atoms with E-state index in [0.29, 0.717) is 11.7 Å². The van der Waals surface area contributed by atoms with Crippen molar-refractivity contribution < 1.29 is 9.90 Å². The molecule has 0 spiro atoms. The van der Waals surface area contributed by atoms with Gasteiger partial charge in [0.1, 0.15) is 0 Å². The summed E-state index contributed by atoms with van der Waals surface area (Å²) in [6.07, 6.45) is 5.22. The van der Waals surface area contributed by atoms with E-state index in [1.807, 2.05) is 13.0 Å². The summed E-state index contributed by atoms with van der Waals surface area (Å²) in [6.45, 7) is 1.85. The zero-order valence-corrected chi connectivity index (χ0v) is 11.1. The molecule has 0 aliphatic heterocycles. The molecule has 19 heavy (non-hydrogen) atoms. The highest BCUT2D eigenvalue weighted by atomic mass is 16.4. The minimum Gasteiger partial charge on any atom is -0.478 e. The van der Waals surface area contributed by atoms with Gasteiger partial charge in [0.15, 0.2) is 0 Å². The average molecular weight is 260 g/mol. The summed E-state index contributed by atoms with van der Waals surface area (Å²) in [4.78, 5) is 11.2. The van der Waals surface area contributed by atoms with E-state index in [9.17, 15) is 9.90 Å². The Morgan fingerprint density at radius 2 is 2.16 bits per heavy atom. The van der Waals surface area contributed by atoms with Crippen molar-refractivity contribution in [3.8, 4) is 0 Å². The Bertz CT molecular complexity index is 527. The van der Waals surface area contributed by atoms with Gasteiger partial charge in [0.25, 0.3) is 0 Å². The van der Waals surface area contributed by atoms with Crippen LogP contribution in [0.4, 0.5) is 11.4 Å². The van der Waals surface area contributed by atoms with Crippen LogP contribution in [-0.2, 0) is 0 Å². The highest BCUT2D eigenvalue weighted by Gasteiger charge is 2.39.